The monoisotopic (exact) mass is 334 g/mol. The van der Waals surface area contributed by atoms with Crippen LogP contribution in [-0.4, -0.2) is 51.0 Å². The largest absolute Gasteiger partial charge is 0.378 e. The van der Waals surface area contributed by atoms with Crippen molar-refractivity contribution < 1.29 is 14.3 Å². The van der Waals surface area contributed by atoms with Crippen LogP contribution in [0.1, 0.15) is 39.5 Å². The summed E-state index contributed by atoms with van der Waals surface area (Å²) in [5.74, 6) is 0.945. The molecule has 2 atom stereocenters. The van der Waals surface area contributed by atoms with E-state index in [2.05, 4.69) is 24.5 Å². The molecule has 130 valence electrons. The molecule has 0 spiro atoms. The number of halogens is 1. The summed E-state index contributed by atoms with van der Waals surface area (Å²) >= 11 is 0. The van der Waals surface area contributed by atoms with E-state index in [0.717, 1.165) is 45.4 Å². The Balaban J connectivity index is 0.00000242. The molecule has 6 heteroatoms. The van der Waals surface area contributed by atoms with Gasteiger partial charge in [0.15, 0.2) is 0 Å². The van der Waals surface area contributed by atoms with Crippen molar-refractivity contribution in [1.82, 2.24) is 10.6 Å². The lowest BCUT2D eigenvalue weighted by Crippen LogP contribution is -2.55. The van der Waals surface area contributed by atoms with E-state index in [1.807, 2.05) is 0 Å². The summed E-state index contributed by atoms with van der Waals surface area (Å²) in [5.41, 5.74) is -0.645. The molecule has 0 aromatic carbocycles. The number of nitrogens with one attached hydrogen (secondary N) is 2. The standard InChI is InChI=1S/C16H30N2O3.ClH/c1-12(2)14-13(5-4-10-21-14)11-18-15(19)16(20-3)6-8-17-9-7-16;/h12-14,17H,4-11H2,1-3H3,(H,18,19);1H. The van der Waals surface area contributed by atoms with Crippen molar-refractivity contribution in [1.29, 1.82) is 0 Å². The van der Waals surface area contributed by atoms with Gasteiger partial charge in [-0.3, -0.25) is 4.79 Å². The quantitative estimate of drug-likeness (QED) is 0.804. The van der Waals surface area contributed by atoms with E-state index in [-0.39, 0.29) is 24.4 Å². The Morgan fingerprint density at radius 1 is 1.41 bits per heavy atom. The number of hydrogen-bond acceptors (Lipinski definition) is 4. The minimum atomic E-state index is -0.645. The second kappa shape index (κ2) is 9.06. The Morgan fingerprint density at radius 3 is 2.68 bits per heavy atom. The number of ether oxygens (including phenoxy) is 2. The highest BCUT2D eigenvalue weighted by Crippen LogP contribution is 2.27. The number of piperidine rings is 1. The van der Waals surface area contributed by atoms with Gasteiger partial charge in [0, 0.05) is 26.2 Å². The highest BCUT2D eigenvalue weighted by atomic mass is 35.5. The normalized spacial score (nSPS) is 28.0. The van der Waals surface area contributed by atoms with Crippen LogP contribution in [0.25, 0.3) is 0 Å². The van der Waals surface area contributed by atoms with Crippen LogP contribution in [0, 0.1) is 11.8 Å². The van der Waals surface area contributed by atoms with Gasteiger partial charge < -0.3 is 20.1 Å². The molecule has 2 heterocycles. The summed E-state index contributed by atoms with van der Waals surface area (Å²) < 4.78 is 11.5. The van der Waals surface area contributed by atoms with Gasteiger partial charge in [-0.2, -0.15) is 0 Å². The van der Waals surface area contributed by atoms with E-state index >= 15 is 0 Å². The lowest BCUT2D eigenvalue weighted by Gasteiger charge is -2.37. The highest BCUT2D eigenvalue weighted by Gasteiger charge is 2.40. The molecule has 2 rings (SSSR count). The van der Waals surface area contributed by atoms with Gasteiger partial charge in [-0.1, -0.05) is 13.8 Å². The van der Waals surface area contributed by atoms with E-state index in [4.69, 9.17) is 9.47 Å². The zero-order valence-electron chi connectivity index (χ0n) is 14.0. The number of carbonyl (C=O) groups is 1. The van der Waals surface area contributed by atoms with Gasteiger partial charge in [-0.05, 0) is 44.7 Å². The second-order valence-corrected chi connectivity index (χ2v) is 6.64. The van der Waals surface area contributed by atoms with Crippen LogP contribution >= 0.6 is 12.4 Å². The van der Waals surface area contributed by atoms with Crippen molar-refractivity contribution >= 4 is 18.3 Å². The molecule has 0 aromatic heterocycles. The van der Waals surface area contributed by atoms with Gasteiger partial charge in [-0.15, -0.1) is 12.4 Å². The van der Waals surface area contributed by atoms with Crippen LogP contribution in [0.3, 0.4) is 0 Å². The van der Waals surface area contributed by atoms with Crippen LogP contribution < -0.4 is 10.6 Å². The predicted molar refractivity (Wildman–Crippen MR) is 89.4 cm³/mol. The molecule has 2 saturated heterocycles. The van der Waals surface area contributed by atoms with Gasteiger partial charge in [0.1, 0.15) is 5.60 Å². The maximum absolute atomic E-state index is 12.6. The average molecular weight is 335 g/mol. The molecule has 2 aliphatic rings. The first-order valence-electron chi connectivity index (χ1n) is 8.25. The maximum atomic E-state index is 12.6. The predicted octanol–water partition coefficient (Wildman–Crippen LogP) is 1.74. The summed E-state index contributed by atoms with van der Waals surface area (Å²) in [6, 6.07) is 0. The van der Waals surface area contributed by atoms with E-state index in [1.165, 1.54) is 0 Å². The van der Waals surface area contributed by atoms with Gasteiger partial charge in [0.05, 0.1) is 6.10 Å². The van der Waals surface area contributed by atoms with Crippen LogP contribution in [0.5, 0.6) is 0 Å². The Morgan fingerprint density at radius 2 is 2.09 bits per heavy atom. The average Bonchev–Trinajstić information content (AvgIpc) is 2.53. The van der Waals surface area contributed by atoms with Crippen LogP contribution in [0.2, 0.25) is 0 Å². The summed E-state index contributed by atoms with van der Waals surface area (Å²) in [6.07, 6.45) is 3.95. The van der Waals surface area contributed by atoms with E-state index in [1.54, 1.807) is 7.11 Å². The maximum Gasteiger partial charge on any atom is 0.252 e. The third kappa shape index (κ3) is 4.57. The first-order valence-corrected chi connectivity index (χ1v) is 8.25. The number of hydrogen-bond donors (Lipinski definition) is 2. The smallest absolute Gasteiger partial charge is 0.252 e. The fourth-order valence-corrected chi connectivity index (χ4v) is 3.56. The lowest BCUT2D eigenvalue weighted by atomic mass is 9.86. The van der Waals surface area contributed by atoms with Crippen LogP contribution in [0.4, 0.5) is 0 Å². The molecular formula is C16H31ClN2O3. The van der Waals surface area contributed by atoms with Crippen LogP contribution in [-0.2, 0) is 14.3 Å². The van der Waals surface area contributed by atoms with Gasteiger partial charge >= 0.3 is 0 Å². The number of carbonyl (C=O) groups excluding carboxylic acids is 1. The minimum Gasteiger partial charge on any atom is -0.378 e. The fourth-order valence-electron chi connectivity index (χ4n) is 3.56. The third-order valence-electron chi connectivity index (χ3n) is 4.89. The van der Waals surface area contributed by atoms with Gasteiger partial charge in [0.25, 0.3) is 5.91 Å². The zero-order valence-corrected chi connectivity index (χ0v) is 14.8. The van der Waals surface area contributed by atoms with Crippen molar-refractivity contribution in [2.75, 3.05) is 33.4 Å². The lowest BCUT2D eigenvalue weighted by molar-refractivity contribution is -0.147. The van der Waals surface area contributed by atoms with Crippen molar-refractivity contribution in [2.45, 2.75) is 51.2 Å². The zero-order chi connectivity index (χ0) is 15.3. The summed E-state index contributed by atoms with van der Waals surface area (Å²) in [6.45, 7) is 7.59. The van der Waals surface area contributed by atoms with Crippen molar-refractivity contribution in [3.63, 3.8) is 0 Å². The molecule has 0 aliphatic carbocycles. The van der Waals surface area contributed by atoms with Crippen molar-refractivity contribution in [2.24, 2.45) is 11.8 Å². The molecular weight excluding hydrogens is 304 g/mol. The Hall–Kier alpha value is -0.360. The summed E-state index contributed by atoms with van der Waals surface area (Å²) in [5, 5.41) is 6.40. The SMILES string of the molecule is COC1(C(=O)NCC2CCCOC2C(C)C)CCNCC1.Cl. The van der Waals surface area contributed by atoms with E-state index in [0.29, 0.717) is 18.4 Å². The molecule has 22 heavy (non-hydrogen) atoms. The molecule has 0 aromatic rings. The van der Waals surface area contributed by atoms with Crippen molar-refractivity contribution in [3.05, 3.63) is 0 Å². The van der Waals surface area contributed by atoms with Gasteiger partial charge in [-0.25, -0.2) is 0 Å². The van der Waals surface area contributed by atoms with Crippen LogP contribution in [0.15, 0.2) is 0 Å². The van der Waals surface area contributed by atoms with E-state index in [9.17, 15) is 4.79 Å². The molecule has 2 unspecified atom stereocenters. The minimum absolute atomic E-state index is 0. The van der Waals surface area contributed by atoms with Crippen molar-refractivity contribution in [3.8, 4) is 0 Å². The first-order chi connectivity index (χ1) is 10.1. The molecule has 2 N–H and O–H groups in total. The fraction of sp³-hybridized carbons (Fsp3) is 0.938. The molecule has 2 aliphatic heterocycles. The second-order valence-electron chi connectivity index (χ2n) is 6.64. The summed E-state index contributed by atoms with van der Waals surface area (Å²) in [7, 11) is 1.64. The van der Waals surface area contributed by atoms with E-state index < -0.39 is 5.60 Å². The molecule has 0 bridgehead atoms. The Kier molecular flexibility index (Phi) is 8.11. The Bertz CT molecular complexity index is 346. The molecule has 5 nitrogen and oxygen atoms in total. The third-order valence-corrected chi connectivity index (χ3v) is 4.89. The topological polar surface area (TPSA) is 59.6 Å². The summed E-state index contributed by atoms with van der Waals surface area (Å²) in [4.78, 5) is 12.6. The van der Waals surface area contributed by atoms with Gasteiger partial charge in [0.2, 0.25) is 0 Å². The molecule has 1 amide bonds. The molecule has 0 radical (unpaired) electrons. The molecule has 0 saturated carbocycles. The number of rotatable bonds is 5. The number of methoxy groups -OCH3 is 1. The Labute approximate surface area is 140 Å². The molecule has 2 fully saturated rings. The first kappa shape index (κ1) is 19.7. The number of amides is 1. The highest BCUT2D eigenvalue weighted by molar-refractivity contribution is 5.85.